The van der Waals surface area contributed by atoms with Gasteiger partial charge < -0.3 is 5.32 Å². The lowest BCUT2D eigenvalue weighted by molar-refractivity contribution is 0.379. The molecule has 2 aliphatic rings. The zero-order valence-electron chi connectivity index (χ0n) is 9.95. The van der Waals surface area contributed by atoms with Gasteiger partial charge in [0.05, 0.1) is 0 Å². The summed E-state index contributed by atoms with van der Waals surface area (Å²) in [4.78, 5) is 0. The minimum Gasteiger partial charge on any atom is -0.377 e. The highest BCUT2D eigenvalue weighted by molar-refractivity contribution is 5.49. The number of halogens is 5. The first-order chi connectivity index (χ1) is 9.00. The summed E-state index contributed by atoms with van der Waals surface area (Å²) in [7, 11) is 0. The summed E-state index contributed by atoms with van der Waals surface area (Å²) in [6.07, 6.45) is 3.74. The molecule has 104 valence electrons. The van der Waals surface area contributed by atoms with Crippen molar-refractivity contribution in [3.8, 4) is 0 Å². The van der Waals surface area contributed by atoms with Crippen molar-refractivity contribution in [2.45, 2.75) is 31.7 Å². The molecule has 19 heavy (non-hydrogen) atoms. The van der Waals surface area contributed by atoms with Gasteiger partial charge in [0.1, 0.15) is 5.69 Å². The van der Waals surface area contributed by atoms with Gasteiger partial charge in [-0.1, -0.05) is 0 Å². The summed E-state index contributed by atoms with van der Waals surface area (Å²) >= 11 is 0. The van der Waals surface area contributed by atoms with Crippen molar-refractivity contribution >= 4 is 5.69 Å². The van der Waals surface area contributed by atoms with Crippen LogP contribution in [0.1, 0.15) is 25.7 Å². The average Bonchev–Trinajstić information content (AvgIpc) is 3.26. The number of hydrogen-bond acceptors (Lipinski definition) is 1. The minimum atomic E-state index is -2.12. The Labute approximate surface area is 106 Å². The van der Waals surface area contributed by atoms with Crippen LogP contribution in [0.3, 0.4) is 0 Å². The maximum Gasteiger partial charge on any atom is 0.200 e. The maximum absolute atomic E-state index is 13.5. The monoisotopic (exact) mass is 277 g/mol. The van der Waals surface area contributed by atoms with Crippen LogP contribution in [-0.2, 0) is 0 Å². The predicted molar refractivity (Wildman–Crippen MR) is 59.1 cm³/mol. The molecule has 1 aromatic rings. The van der Waals surface area contributed by atoms with Crippen molar-refractivity contribution in [2.75, 3.05) is 5.32 Å². The van der Waals surface area contributed by atoms with E-state index in [1.165, 1.54) is 0 Å². The summed E-state index contributed by atoms with van der Waals surface area (Å²) in [5.41, 5.74) is -0.889. The third-order valence-electron chi connectivity index (χ3n) is 3.78. The van der Waals surface area contributed by atoms with E-state index in [1.807, 2.05) is 0 Å². The first-order valence-electron chi connectivity index (χ1n) is 6.28. The molecule has 2 aliphatic carbocycles. The molecule has 6 heteroatoms. The number of hydrogen-bond donors (Lipinski definition) is 1. The molecule has 1 nitrogen and oxygen atoms in total. The molecule has 0 spiro atoms. The minimum absolute atomic E-state index is 0.187. The van der Waals surface area contributed by atoms with Gasteiger partial charge in [-0.2, -0.15) is 0 Å². The van der Waals surface area contributed by atoms with Crippen molar-refractivity contribution in [1.82, 2.24) is 0 Å². The van der Waals surface area contributed by atoms with E-state index in [4.69, 9.17) is 0 Å². The molecule has 0 radical (unpaired) electrons. The van der Waals surface area contributed by atoms with E-state index in [2.05, 4.69) is 5.32 Å². The van der Waals surface area contributed by atoms with Crippen LogP contribution in [0, 0.1) is 40.9 Å². The van der Waals surface area contributed by atoms with Crippen LogP contribution < -0.4 is 5.32 Å². The summed E-state index contributed by atoms with van der Waals surface area (Å²) < 4.78 is 66.2. The molecule has 0 unspecified atom stereocenters. The highest BCUT2D eigenvalue weighted by atomic mass is 19.2. The van der Waals surface area contributed by atoms with Crippen molar-refractivity contribution in [2.24, 2.45) is 11.8 Å². The van der Waals surface area contributed by atoms with E-state index in [-0.39, 0.29) is 17.9 Å². The van der Waals surface area contributed by atoms with Crippen LogP contribution in [0.4, 0.5) is 27.6 Å². The lowest BCUT2D eigenvalue weighted by Crippen LogP contribution is -2.26. The van der Waals surface area contributed by atoms with Crippen molar-refractivity contribution < 1.29 is 22.0 Å². The molecule has 1 N–H and O–H groups in total. The molecule has 0 atom stereocenters. The van der Waals surface area contributed by atoms with E-state index < -0.39 is 34.8 Å². The van der Waals surface area contributed by atoms with E-state index in [0.717, 1.165) is 25.7 Å². The normalized spacial score (nSPS) is 19.1. The molecule has 2 fully saturated rings. The summed E-state index contributed by atoms with van der Waals surface area (Å²) in [6, 6.07) is -0.187. The SMILES string of the molecule is Fc1c(F)c(F)c(NC(C2CC2)C2CC2)c(F)c1F. The van der Waals surface area contributed by atoms with Crippen LogP contribution in [0.5, 0.6) is 0 Å². The smallest absolute Gasteiger partial charge is 0.200 e. The quantitative estimate of drug-likeness (QED) is 0.498. The Morgan fingerprint density at radius 3 is 1.42 bits per heavy atom. The molecule has 0 heterocycles. The van der Waals surface area contributed by atoms with Gasteiger partial charge in [-0.15, -0.1) is 0 Å². The molecule has 0 aromatic heterocycles. The Bertz CT molecular complexity index is 481. The first-order valence-corrected chi connectivity index (χ1v) is 6.28. The second-order valence-corrected chi connectivity index (χ2v) is 5.29. The second-order valence-electron chi connectivity index (χ2n) is 5.29. The Morgan fingerprint density at radius 1 is 0.684 bits per heavy atom. The molecular formula is C13H12F5N. The summed E-state index contributed by atoms with van der Waals surface area (Å²) in [5, 5.41) is 2.55. The Balaban J connectivity index is 1.95. The second kappa shape index (κ2) is 4.35. The largest absolute Gasteiger partial charge is 0.377 e. The fourth-order valence-electron chi connectivity index (χ4n) is 2.43. The third-order valence-corrected chi connectivity index (χ3v) is 3.78. The highest BCUT2D eigenvalue weighted by Crippen LogP contribution is 2.46. The molecule has 2 saturated carbocycles. The van der Waals surface area contributed by atoms with Crippen LogP contribution >= 0.6 is 0 Å². The fourth-order valence-corrected chi connectivity index (χ4v) is 2.43. The molecule has 3 rings (SSSR count). The van der Waals surface area contributed by atoms with Gasteiger partial charge in [0.15, 0.2) is 23.3 Å². The maximum atomic E-state index is 13.5. The Kier molecular flexibility index (Phi) is 2.91. The van der Waals surface area contributed by atoms with Gasteiger partial charge in [0.25, 0.3) is 0 Å². The van der Waals surface area contributed by atoms with Crippen LogP contribution in [-0.4, -0.2) is 6.04 Å². The number of nitrogens with one attached hydrogen (secondary N) is 1. The lowest BCUT2D eigenvalue weighted by atomic mass is 10.1. The summed E-state index contributed by atoms with van der Waals surface area (Å²) in [5.74, 6) is -8.90. The number of anilines is 1. The van der Waals surface area contributed by atoms with Gasteiger partial charge in [-0.3, -0.25) is 0 Å². The van der Waals surface area contributed by atoms with E-state index in [1.54, 1.807) is 0 Å². The fraction of sp³-hybridized carbons (Fsp3) is 0.538. The topological polar surface area (TPSA) is 12.0 Å². The molecule has 0 saturated heterocycles. The molecule has 0 aliphatic heterocycles. The van der Waals surface area contributed by atoms with Crippen LogP contribution in [0.2, 0.25) is 0 Å². The Morgan fingerprint density at radius 2 is 1.05 bits per heavy atom. The molecule has 1 aromatic carbocycles. The zero-order chi connectivity index (χ0) is 13.7. The van der Waals surface area contributed by atoms with Gasteiger partial charge in [-0.05, 0) is 37.5 Å². The first kappa shape index (κ1) is 12.7. The lowest BCUT2D eigenvalue weighted by Gasteiger charge is -2.20. The third kappa shape index (κ3) is 2.17. The van der Waals surface area contributed by atoms with Gasteiger partial charge >= 0.3 is 0 Å². The van der Waals surface area contributed by atoms with Crippen LogP contribution in [0.25, 0.3) is 0 Å². The average molecular weight is 277 g/mol. The van der Waals surface area contributed by atoms with E-state index in [0.29, 0.717) is 0 Å². The highest BCUT2D eigenvalue weighted by Gasteiger charge is 2.42. The van der Waals surface area contributed by atoms with Crippen LogP contribution in [0.15, 0.2) is 0 Å². The standard InChI is InChI=1S/C13H12F5N/c14-7-8(15)10(17)13(11(18)9(7)16)19-12(5-1-2-5)6-3-4-6/h5-6,12,19H,1-4H2. The van der Waals surface area contributed by atoms with Gasteiger partial charge in [-0.25, -0.2) is 22.0 Å². The molecular weight excluding hydrogens is 265 g/mol. The van der Waals surface area contributed by atoms with Crippen molar-refractivity contribution in [3.05, 3.63) is 29.1 Å². The molecule has 0 bridgehead atoms. The van der Waals surface area contributed by atoms with E-state index >= 15 is 0 Å². The van der Waals surface area contributed by atoms with Gasteiger partial charge in [0, 0.05) is 6.04 Å². The predicted octanol–water partition coefficient (Wildman–Crippen LogP) is 3.98. The van der Waals surface area contributed by atoms with E-state index in [9.17, 15) is 22.0 Å². The van der Waals surface area contributed by atoms with Crippen molar-refractivity contribution in [1.29, 1.82) is 0 Å². The summed E-state index contributed by atoms with van der Waals surface area (Å²) in [6.45, 7) is 0. The zero-order valence-corrected chi connectivity index (χ0v) is 9.95. The molecule has 0 amide bonds. The number of rotatable bonds is 4. The number of benzene rings is 1. The van der Waals surface area contributed by atoms with Gasteiger partial charge in [0.2, 0.25) is 5.82 Å². The Hall–Kier alpha value is -1.33. The van der Waals surface area contributed by atoms with Crippen molar-refractivity contribution in [3.63, 3.8) is 0 Å².